The predicted octanol–water partition coefficient (Wildman–Crippen LogP) is 0.730. The fourth-order valence-corrected chi connectivity index (χ4v) is 1.54. The van der Waals surface area contributed by atoms with Crippen molar-refractivity contribution in [3.05, 3.63) is 41.7 Å². The van der Waals surface area contributed by atoms with Gasteiger partial charge in [0, 0.05) is 18.7 Å². The molecule has 1 amide bonds. The standard InChI is InChI=1S/C12H13N5O/c1-9-3-5-11(17-8-14-15-16-17)10(7-9)4-6-12(18)13-2/h3-8H,1-2H3,(H,13,18)/b6-4+. The third-order valence-corrected chi connectivity index (χ3v) is 2.44. The van der Waals surface area contributed by atoms with Crippen LogP contribution in [-0.2, 0) is 4.79 Å². The van der Waals surface area contributed by atoms with Crippen LogP contribution in [0, 0.1) is 6.92 Å². The maximum atomic E-state index is 11.2. The van der Waals surface area contributed by atoms with E-state index in [1.807, 2.05) is 25.1 Å². The highest BCUT2D eigenvalue weighted by Crippen LogP contribution is 2.16. The number of carbonyl (C=O) groups excluding carboxylic acids is 1. The molecule has 1 aromatic heterocycles. The number of nitrogens with zero attached hydrogens (tertiary/aromatic N) is 4. The van der Waals surface area contributed by atoms with Crippen molar-refractivity contribution in [1.29, 1.82) is 0 Å². The Bertz CT molecular complexity index is 574. The molecular formula is C12H13N5O. The lowest BCUT2D eigenvalue weighted by Crippen LogP contribution is -2.13. The van der Waals surface area contributed by atoms with Crippen LogP contribution in [0.3, 0.4) is 0 Å². The summed E-state index contributed by atoms with van der Waals surface area (Å²) < 4.78 is 1.56. The first-order valence-electron chi connectivity index (χ1n) is 5.44. The molecule has 0 unspecified atom stereocenters. The van der Waals surface area contributed by atoms with Gasteiger partial charge in [-0.3, -0.25) is 4.79 Å². The maximum absolute atomic E-state index is 11.2. The Labute approximate surface area is 104 Å². The van der Waals surface area contributed by atoms with E-state index in [4.69, 9.17) is 0 Å². The smallest absolute Gasteiger partial charge is 0.243 e. The summed E-state index contributed by atoms with van der Waals surface area (Å²) >= 11 is 0. The predicted molar refractivity (Wildman–Crippen MR) is 67.0 cm³/mol. The summed E-state index contributed by atoms with van der Waals surface area (Å²) in [7, 11) is 1.59. The number of rotatable bonds is 3. The lowest BCUT2D eigenvalue weighted by atomic mass is 10.1. The average molecular weight is 243 g/mol. The molecule has 2 rings (SSSR count). The van der Waals surface area contributed by atoms with E-state index in [2.05, 4.69) is 20.8 Å². The van der Waals surface area contributed by atoms with E-state index < -0.39 is 0 Å². The molecule has 92 valence electrons. The second-order valence-corrected chi connectivity index (χ2v) is 3.76. The Morgan fingerprint density at radius 1 is 1.44 bits per heavy atom. The molecular weight excluding hydrogens is 230 g/mol. The zero-order valence-corrected chi connectivity index (χ0v) is 10.2. The van der Waals surface area contributed by atoms with Gasteiger partial charge in [0.2, 0.25) is 5.91 Å². The van der Waals surface area contributed by atoms with Crippen LogP contribution in [0.5, 0.6) is 0 Å². The van der Waals surface area contributed by atoms with E-state index in [9.17, 15) is 4.79 Å². The van der Waals surface area contributed by atoms with Gasteiger partial charge < -0.3 is 5.32 Å². The molecule has 0 aliphatic rings. The van der Waals surface area contributed by atoms with Crippen molar-refractivity contribution in [3.8, 4) is 5.69 Å². The van der Waals surface area contributed by atoms with Crippen molar-refractivity contribution >= 4 is 12.0 Å². The molecule has 1 aromatic carbocycles. The summed E-state index contributed by atoms with van der Waals surface area (Å²) in [5, 5.41) is 13.6. The summed E-state index contributed by atoms with van der Waals surface area (Å²) in [6, 6.07) is 5.85. The molecule has 18 heavy (non-hydrogen) atoms. The van der Waals surface area contributed by atoms with E-state index in [1.54, 1.807) is 17.8 Å². The van der Waals surface area contributed by atoms with E-state index in [0.717, 1.165) is 16.8 Å². The van der Waals surface area contributed by atoms with Gasteiger partial charge in [-0.2, -0.15) is 4.68 Å². The molecule has 0 bridgehead atoms. The van der Waals surface area contributed by atoms with Crippen LogP contribution in [-0.4, -0.2) is 33.2 Å². The van der Waals surface area contributed by atoms with Crippen molar-refractivity contribution in [2.75, 3.05) is 7.05 Å². The number of likely N-dealkylation sites (N-methyl/N-ethyl adjacent to an activating group) is 1. The Kier molecular flexibility index (Phi) is 3.47. The molecule has 0 atom stereocenters. The zero-order valence-electron chi connectivity index (χ0n) is 10.2. The highest BCUT2D eigenvalue weighted by molar-refractivity contribution is 5.92. The fourth-order valence-electron chi connectivity index (χ4n) is 1.54. The van der Waals surface area contributed by atoms with E-state index in [0.29, 0.717) is 0 Å². The molecule has 1 N–H and O–H groups in total. The lowest BCUT2D eigenvalue weighted by Gasteiger charge is -2.05. The summed E-state index contributed by atoms with van der Waals surface area (Å²) in [6.45, 7) is 1.99. The Balaban J connectivity index is 2.42. The fraction of sp³-hybridized carbons (Fsp3) is 0.167. The minimum Gasteiger partial charge on any atom is -0.356 e. The van der Waals surface area contributed by atoms with Gasteiger partial charge in [0.05, 0.1) is 5.69 Å². The Morgan fingerprint density at radius 3 is 2.94 bits per heavy atom. The van der Waals surface area contributed by atoms with Crippen molar-refractivity contribution in [2.24, 2.45) is 0 Å². The SMILES string of the molecule is CNC(=O)/C=C/c1cc(C)ccc1-n1cnnn1. The van der Waals surface area contributed by atoms with Gasteiger partial charge in [-0.1, -0.05) is 11.6 Å². The normalized spacial score (nSPS) is 10.8. The molecule has 0 fully saturated rings. The van der Waals surface area contributed by atoms with E-state index in [-0.39, 0.29) is 5.91 Å². The van der Waals surface area contributed by atoms with Gasteiger partial charge in [-0.25, -0.2) is 0 Å². The molecule has 0 radical (unpaired) electrons. The van der Waals surface area contributed by atoms with Gasteiger partial charge in [0.15, 0.2) is 0 Å². The first kappa shape index (κ1) is 12.0. The number of hydrogen-bond acceptors (Lipinski definition) is 4. The van der Waals surface area contributed by atoms with Crippen molar-refractivity contribution in [1.82, 2.24) is 25.5 Å². The second kappa shape index (κ2) is 5.22. The van der Waals surface area contributed by atoms with Crippen LogP contribution in [0.25, 0.3) is 11.8 Å². The monoisotopic (exact) mass is 243 g/mol. The number of benzene rings is 1. The second-order valence-electron chi connectivity index (χ2n) is 3.76. The van der Waals surface area contributed by atoms with Crippen molar-refractivity contribution in [3.63, 3.8) is 0 Å². The molecule has 6 nitrogen and oxygen atoms in total. The molecule has 0 spiro atoms. The number of tetrazole rings is 1. The number of amides is 1. The highest BCUT2D eigenvalue weighted by atomic mass is 16.1. The molecule has 0 aliphatic heterocycles. The minimum absolute atomic E-state index is 0.154. The van der Waals surface area contributed by atoms with Crippen molar-refractivity contribution in [2.45, 2.75) is 6.92 Å². The van der Waals surface area contributed by atoms with Crippen LogP contribution in [0.1, 0.15) is 11.1 Å². The zero-order chi connectivity index (χ0) is 13.0. The molecule has 0 aliphatic carbocycles. The third-order valence-electron chi connectivity index (χ3n) is 2.44. The summed E-state index contributed by atoms with van der Waals surface area (Å²) in [5.74, 6) is -0.154. The van der Waals surface area contributed by atoms with E-state index >= 15 is 0 Å². The minimum atomic E-state index is -0.154. The van der Waals surface area contributed by atoms with Crippen molar-refractivity contribution < 1.29 is 4.79 Å². The molecule has 0 saturated carbocycles. The summed E-state index contributed by atoms with van der Waals surface area (Å²) in [6.07, 6.45) is 4.73. The molecule has 2 aromatic rings. The number of aryl methyl sites for hydroxylation is 1. The third kappa shape index (κ3) is 2.60. The van der Waals surface area contributed by atoms with Gasteiger partial charge in [0.25, 0.3) is 0 Å². The molecule has 1 heterocycles. The van der Waals surface area contributed by atoms with Gasteiger partial charge in [-0.05, 0) is 35.6 Å². The van der Waals surface area contributed by atoms with Gasteiger partial charge >= 0.3 is 0 Å². The Hall–Kier alpha value is -2.50. The lowest BCUT2D eigenvalue weighted by molar-refractivity contribution is -0.115. The maximum Gasteiger partial charge on any atom is 0.243 e. The molecule has 6 heteroatoms. The van der Waals surface area contributed by atoms with Crippen LogP contribution < -0.4 is 5.32 Å². The van der Waals surface area contributed by atoms with Crippen LogP contribution in [0.2, 0.25) is 0 Å². The van der Waals surface area contributed by atoms with Crippen LogP contribution >= 0.6 is 0 Å². The van der Waals surface area contributed by atoms with Gasteiger partial charge in [-0.15, -0.1) is 5.10 Å². The largest absolute Gasteiger partial charge is 0.356 e. The topological polar surface area (TPSA) is 72.7 Å². The number of hydrogen-bond donors (Lipinski definition) is 1. The average Bonchev–Trinajstić information content (AvgIpc) is 2.89. The highest BCUT2D eigenvalue weighted by Gasteiger charge is 2.04. The first-order chi connectivity index (χ1) is 8.70. The Morgan fingerprint density at radius 2 is 2.28 bits per heavy atom. The summed E-state index contributed by atoms with van der Waals surface area (Å²) in [4.78, 5) is 11.2. The summed E-state index contributed by atoms with van der Waals surface area (Å²) in [5.41, 5.74) is 2.81. The molecule has 0 saturated heterocycles. The number of nitrogens with one attached hydrogen (secondary N) is 1. The number of aromatic nitrogens is 4. The van der Waals surface area contributed by atoms with E-state index in [1.165, 1.54) is 12.4 Å². The van der Waals surface area contributed by atoms with Crippen LogP contribution in [0.15, 0.2) is 30.6 Å². The first-order valence-corrected chi connectivity index (χ1v) is 5.44. The van der Waals surface area contributed by atoms with Gasteiger partial charge in [0.1, 0.15) is 6.33 Å². The quantitative estimate of drug-likeness (QED) is 0.807. The van der Waals surface area contributed by atoms with Crippen LogP contribution in [0.4, 0.5) is 0 Å². The number of carbonyl (C=O) groups is 1.